The van der Waals surface area contributed by atoms with E-state index < -0.39 is 10.9 Å². The number of rotatable bonds is 7. The number of carbonyl (C=O) groups excluding carboxylic acids is 1. The van der Waals surface area contributed by atoms with E-state index in [0.717, 1.165) is 19.4 Å². The largest absolute Gasteiger partial charge is 0.466 e. The number of ether oxygens (including phenoxy) is 1. The number of likely N-dealkylation sites (N-methyl/N-ethyl adjacent to an activating group) is 1. The van der Waals surface area contributed by atoms with Gasteiger partial charge in [0.2, 0.25) is 0 Å². The molecule has 0 bridgehead atoms. The maximum absolute atomic E-state index is 12.0. The van der Waals surface area contributed by atoms with Gasteiger partial charge in [-0.05, 0) is 33.9 Å². The third kappa shape index (κ3) is 3.90. The van der Waals surface area contributed by atoms with E-state index in [2.05, 4.69) is 5.32 Å². The van der Waals surface area contributed by atoms with E-state index in [9.17, 15) is 14.4 Å². The van der Waals surface area contributed by atoms with Gasteiger partial charge < -0.3 is 19.9 Å². The van der Waals surface area contributed by atoms with Crippen LogP contribution in [-0.2, 0) is 9.53 Å². The molecule has 0 radical (unpaired) electrons. The van der Waals surface area contributed by atoms with Gasteiger partial charge in [-0.2, -0.15) is 0 Å². The summed E-state index contributed by atoms with van der Waals surface area (Å²) in [6.07, 6.45) is 1.56. The Morgan fingerprint density at radius 3 is 2.74 bits per heavy atom. The van der Waals surface area contributed by atoms with Crippen LogP contribution in [0.1, 0.15) is 19.8 Å². The van der Waals surface area contributed by atoms with Crippen molar-refractivity contribution >= 4 is 17.3 Å². The summed E-state index contributed by atoms with van der Waals surface area (Å²) in [6.45, 7) is 4.62. The minimum Gasteiger partial charge on any atom is -0.466 e. The summed E-state index contributed by atoms with van der Waals surface area (Å²) in [5.74, 6) is -0.458. The van der Waals surface area contributed by atoms with Crippen molar-refractivity contribution in [1.29, 1.82) is 0 Å². The van der Waals surface area contributed by atoms with E-state index in [0.29, 0.717) is 37.6 Å². The molecule has 0 amide bonds. The van der Waals surface area contributed by atoms with E-state index in [1.54, 1.807) is 6.92 Å². The van der Waals surface area contributed by atoms with Gasteiger partial charge in [0.15, 0.2) is 0 Å². The van der Waals surface area contributed by atoms with Crippen LogP contribution in [0.4, 0.5) is 11.4 Å². The summed E-state index contributed by atoms with van der Waals surface area (Å²) in [5.41, 5.74) is -0.0945. The van der Waals surface area contributed by atoms with Crippen LogP contribution in [0.5, 0.6) is 0 Å². The molecule has 1 saturated heterocycles. The van der Waals surface area contributed by atoms with E-state index >= 15 is 0 Å². The first-order chi connectivity index (χ1) is 11.0. The fourth-order valence-corrected chi connectivity index (χ4v) is 2.88. The Balaban J connectivity index is 2.06. The summed E-state index contributed by atoms with van der Waals surface area (Å²) in [6, 6.07) is 0. The second-order valence-corrected chi connectivity index (χ2v) is 6.15. The van der Waals surface area contributed by atoms with Crippen LogP contribution >= 0.6 is 0 Å². The highest BCUT2D eigenvalue weighted by molar-refractivity contribution is 5.78. The Kier molecular flexibility index (Phi) is 5.76. The van der Waals surface area contributed by atoms with Gasteiger partial charge in [0.1, 0.15) is 11.4 Å². The van der Waals surface area contributed by atoms with Crippen LogP contribution in [0.25, 0.3) is 0 Å². The summed E-state index contributed by atoms with van der Waals surface area (Å²) in [7, 11) is 3.89. The monoisotopic (exact) mass is 323 g/mol. The third-order valence-corrected chi connectivity index (χ3v) is 4.10. The third-order valence-electron chi connectivity index (χ3n) is 4.10. The second-order valence-electron chi connectivity index (χ2n) is 6.15. The Morgan fingerprint density at radius 2 is 2.09 bits per heavy atom. The lowest BCUT2D eigenvalue weighted by Gasteiger charge is -2.34. The quantitative estimate of drug-likeness (QED) is 0.560. The molecular weight excluding hydrogens is 298 g/mol. The van der Waals surface area contributed by atoms with Crippen LogP contribution in [0.15, 0.2) is 9.59 Å². The first kappa shape index (κ1) is 17.5. The predicted octanol–water partition coefficient (Wildman–Crippen LogP) is 0.0356. The lowest BCUT2D eigenvalue weighted by Crippen LogP contribution is -2.48. The van der Waals surface area contributed by atoms with Gasteiger partial charge >= 0.3 is 5.97 Å². The molecule has 0 aliphatic carbocycles. The molecule has 1 fully saturated rings. The molecule has 1 aromatic rings. The lowest BCUT2D eigenvalue weighted by atomic mass is 9.96. The summed E-state index contributed by atoms with van der Waals surface area (Å²) in [4.78, 5) is 39.5. The van der Waals surface area contributed by atoms with Crippen molar-refractivity contribution in [1.82, 2.24) is 4.90 Å². The molecule has 1 aliphatic heterocycles. The number of anilines is 2. The van der Waals surface area contributed by atoms with Crippen molar-refractivity contribution in [3.05, 3.63) is 20.4 Å². The highest BCUT2D eigenvalue weighted by atomic mass is 16.5. The Labute approximate surface area is 135 Å². The molecule has 1 atom stereocenters. The smallest absolute Gasteiger partial charge is 0.310 e. The second kappa shape index (κ2) is 7.59. The van der Waals surface area contributed by atoms with Crippen molar-refractivity contribution in [2.75, 3.05) is 57.1 Å². The van der Waals surface area contributed by atoms with Gasteiger partial charge in [-0.15, -0.1) is 0 Å². The zero-order valence-corrected chi connectivity index (χ0v) is 14.1. The number of hydrogen-bond donors (Lipinski definition) is 1. The van der Waals surface area contributed by atoms with Crippen molar-refractivity contribution in [3.8, 4) is 0 Å². The van der Waals surface area contributed by atoms with Crippen molar-refractivity contribution < 1.29 is 9.53 Å². The highest BCUT2D eigenvalue weighted by Gasteiger charge is 2.32. The average Bonchev–Trinajstić information content (AvgIpc) is 2.53. The molecule has 23 heavy (non-hydrogen) atoms. The number of carbonyl (C=O) groups is 1. The molecule has 7 heteroatoms. The highest BCUT2D eigenvalue weighted by Crippen LogP contribution is 2.26. The van der Waals surface area contributed by atoms with Crippen LogP contribution in [0.3, 0.4) is 0 Å². The van der Waals surface area contributed by atoms with Gasteiger partial charge in [0.05, 0.1) is 12.5 Å². The molecule has 0 spiro atoms. The molecule has 0 saturated carbocycles. The number of esters is 1. The fourth-order valence-electron chi connectivity index (χ4n) is 2.88. The van der Waals surface area contributed by atoms with E-state index in [1.165, 1.54) is 0 Å². The van der Waals surface area contributed by atoms with Crippen LogP contribution in [-0.4, -0.2) is 57.8 Å². The first-order valence-corrected chi connectivity index (χ1v) is 8.09. The number of hydrogen-bond acceptors (Lipinski definition) is 7. The maximum atomic E-state index is 12.0. The molecule has 0 aromatic heterocycles. The van der Waals surface area contributed by atoms with Crippen LogP contribution in [0.2, 0.25) is 0 Å². The molecule has 7 nitrogen and oxygen atoms in total. The lowest BCUT2D eigenvalue weighted by molar-refractivity contribution is -0.148. The standard InChI is InChI=1S/C16H25N3O4/c1-4-23-16(22)11-6-5-8-19(10-11)13-12(14(20)15(13)21)17-7-9-18(2)3/h11,17H,4-10H2,1-3H3. The molecule has 1 aliphatic rings. The Morgan fingerprint density at radius 1 is 1.35 bits per heavy atom. The van der Waals surface area contributed by atoms with Crippen LogP contribution < -0.4 is 21.1 Å². The van der Waals surface area contributed by atoms with E-state index in [4.69, 9.17) is 4.74 Å². The summed E-state index contributed by atoms with van der Waals surface area (Å²) < 4.78 is 5.07. The van der Waals surface area contributed by atoms with Crippen molar-refractivity contribution in [2.24, 2.45) is 5.92 Å². The van der Waals surface area contributed by atoms with Gasteiger partial charge in [0.25, 0.3) is 10.9 Å². The van der Waals surface area contributed by atoms with Crippen molar-refractivity contribution in [3.63, 3.8) is 0 Å². The zero-order valence-electron chi connectivity index (χ0n) is 14.1. The molecule has 1 N–H and O–H groups in total. The molecule has 2 rings (SSSR count). The Hall–Kier alpha value is -1.89. The topological polar surface area (TPSA) is 79.0 Å². The fraction of sp³-hybridized carbons (Fsp3) is 0.688. The Bertz CT molecular complexity index is 619. The summed E-state index contributed by atoms with van der Waals surface area (Å²) in [5, 5.41) is 3.06. The zero-order chi connectivity index (χ0) is 17.0. The minimum absolute atomic E-state index is 0.224. The molecule has 1 aromatic carbocycles. The first-order valence-electron chi connectivity index (χ1n) is 8.09. The van der Waals surface area contributed by atoms with Gasteiger partial charge in [0, 0.05) is 26.2 Å². The van der Waals surface area contributed by atoms with Gasteiger partial charge in [-0.25, -0.2) is 0 Å². The van der Waals surface area contributed by atoms with Crippen LogP contribution in [0, 0.1) is 5.92 Å². The number of nitrogens with zero attached hydrogens (tertiary/aromatic N) is 2. The molecular formula is C16H25N3O4. The summed E-state index contributed by atoms with van der Waals surface area (Å²) >= 11 is 0. The van der Waals surface area contributed by atoms with Gasteiger partial charge in [-0.3, -0.25) is 14.4 Å². The molecule has 1 unspecified atom stereocenters. The average molecular weight is 323 g/mol. The maximum Gasteiger partial charge on any atom is 0.310 e. The number of nitrogens with one attached hydrogen (secondary N) is 1. The normalized spacial score (nSPS) is 18.4. The van der Waals surface area contributed by atoms with Crippen molar-refractivity contribution in [2.45, 2.75) is 19.8 Å². The minimum atomic E-state index is -0.461. The SMILES string of the molecule is CCOC(=O)C1CCCN(c2c(NCCN(C)C)c(=O)c2=O)C1. The van der Waals surface area contributed by atoms with Gasteiger partial charge in [-0.1, -0.05) is 0 Å². The number of piperidine rings is 1. The molecule has 1 heterocycles. The predicted molar refractivity (Wildman–Crippen MR) is 90.0 cm³/mol. The van der Waals surface area contributed by atoms with E-state index in [-0.39, 0.29) is 11.9 Å². The van der Waals surface area contributed by atoms with E-state index in [1.807, 2.05) is 23.9 Å². The molecule has 128 valence electrons.